The topological polar surface area (TPSA) is 53.1 Å². The predicted molar refractivity (Wildman–Crippen MR) is 89.1 cm³/mol. The van der Waals surface area contributed by atoms with Gasteiger partial charge in [-0.25, -0.2) is 9.97 Å². The maximum Gasteiger partial charge on any atom is 0.134 e. The molecule has 1 aliphatic rings. The molecule has 0 spiro atoms. The van der Waals surface area contributed by atoms with Crippen molar-refractivity contribution in [1.29, 1.82) is 0 Å². The van der Waals surface area contributed by atoms with E-state index in [1.807, 2.05) is 6.92 Å². The molecule has 2 rings (SSSR count). The van der Waals surface area contributed by atoms with Crippen molar-refractivity contribution in [2.24, 2.45) is 0 Å². The highest BCUT2D eigenvalue weighted by atomic mass is 15.1. The Kier molecular flexibility index (Phi) is 6.23. The first-order chi connectivity index (χ1) is 10.2. The largest absolute Gasteiger partial charge is 0.370 e. The fraction of sp³-hybridized carbons (Fsp3) is 0.750. The maximum absolute atomic E-state index is 4.53. The van der Waals surface area contributed by atoms with Gasteiger partial charge in [-0.15, -0.1) is 0 Å². The van der Waals surface area contributed by atoms with Gasteiger partial charge in [0.05, 0.1) is 0 Å². The van der Waals surface area contributed by atoms with Crippen molar-refractivity contribution in [2.45, 2.75) is 46.5 Å². The average molecular weight is 291 g/mol. The van der Waals surface area contributed by atoms with Gasteiger partial charge in [0.25, 0.3) is 0 Å². The van der Waals surface area contributed by atoms with E-state index in [1.165, 1.54) is 38.9 Å². The summed E-state index contributed by atoms with van der Waals surface area (Å²) >= 11 is 0. The summed E-state index contributed by atoms with van der Waals surface area (Å²) in [6.07, 6.45) is 5.00. The van der Waals surface area contributed by atoms with Gasteiger partial charge >= 0.3 is 0 Å². The summed E-state index contributed by atoms with van der Waals surface area (Å²) in [6.45, 7) is 11.9. The fourth-order valence-electron chi connectivity index (χ4n) is 2.73. The van der Waals surface area contributed by atoms with E-state index in [0.29, 0.717) is 0 Å². The summed E-state index contributed by atoms with van der Waals surface area (Å²) in [5, 5.41) is 6.86. The van der Waals surface area contributed by atoms with Crippen molar-refractivity contribution < 1.29 is 0 Å². The molecule has 1 aromatic rings. The van der Waals surface area contributed by atoms with Crippen molar-refractivity contribution in [3.63, 3.8) is 0 Å². The van der Waals surface area contributed by atoms with Gasteiger partial charge in [-0.05, 0) is 59.2 Å². The van der Waals surface area contributed by atoms with Crippen LogP contribution in [0.25, 0.3) is 0 Å². The van der Waals surface area contributed by atoms with E-state index in [-0.39, 0.29) is 0 Å². The molecule has 0 radical (unpaired) electrons. The SMILES string of the molecule is CCCNc1nc(C)nc(NCCCN2CCCC2)c1C. The molecule has 2 N–H and O–H groups in total. The lowest BCUT2D eigenvalue weighted by Crippen LogP contribution is -2.22. The highest BCUT2D eigenvalue weighted by Crippen LogP contribution is 2.19. The maximum atomic E-state index is 4.53. The molecule has 1 fully saturated rings. The molecule has 21 heavy (non-hydrogen) atoms. The molecule has 1 aliphatic heterocycles. The minimum Gasteiger partial charge on any atom is -0.370 e. The number of likely N-dealkylation sites (tertiary alicyclic amines) is 1. The Morgan fingerprint density at radius 3 is 2.24 bits per heavy atom. The predicted octanol–water partition coefficient (Wildman–Crippen LogP) is 2.81. The molecule has 118 valence electrons. The Labute approximate surface area is 128 Å². The standard InChI is InChI=1S/C16H29N5/c1-4-8-17-15-13(2)16(20-14(3)19-15)18-9-7-12-21-10-5-6-11-21/h4-12H2,1-3H3,(H2,17,18,19,20). The fourth-order valence-corrected chi connectivity index (χ4v) is 2.73. The molecule has 0 amide bonds. The van der Waals surface area contributed by atoms with E-state index in [0.717, 1.165) is 42.5 Å². The molecule has 1 saturated heterocycles. The third kappa shape index (κ3) is 4.84. The number of hydrogen-bond donors (Lipinski definition) is 2. The van der Waals surface area contributed by atoms with Crippen LogP contribution < -0.4 is 10.6 Å². The van der Waals surface area contributed by atoms with Crippen molar-refractivity contribution in [1.82, 2.24) is 14.9 Å². The number of rotatable bonds is 8. The molecular formula is C16H29N5. The van der Waals surface area contributed by atoms with Crippen LogP contribution in [0.4, 0.5) is 11.6 Å². The molecule has 0 saturated carbocycles. The van der Waals surface area contributed by atoms with Crippen LogP contribution in [0.3, 0.4) is 0 Å². The number of aromatic nitrogens is 2. The van der Waals surface area contributed by atoms with Gasteiger partial charge in [0.15, 0.2) is 0 Å². The Morgan fingerprint density at radius 2 is 1.62 bits per heavy atom. The van der Waals surface area contributed by atoms with E-state index < -0.39 is 0 Å². The van der Waals surface area contributed by atoms with Crippen LogP contribution in [0.15, 0.2) is 0 Å². The van der Waals surface area contributed by atoms with E-state index in [2.05, 4.69) is 39.3 Å². The Balaban J connectivity index is 1.84. The van der Waals surface area contributed by atoms with Crippen LogP contribution in [0, 0.1) is 13.8 Å². The van der Waals surface area contributed by atoms with Gasteiger partial charge in [-0.2, -0.15) is 0 Å². The third-order valence-corrected chi connectivity index (χ3v) is 3.94. The zero-order chi connectivity index (χ0) is 15.1. The Bertz CT molecular complexity index is 441. The zero-order valence-electron chi connectivity index (χ0n) is 13.7. The minimum atomic E-state index is 0.821. The van der Waals surface area contributed by atoms with Gasteiger partial charge in [0, 0.05) is 18.7 Å². The lowest BCUT2D eigenvalue weighted by atomic mass is 10.3. The van der Waals surface area contributed by atoms with Crippen LogP contribution >= 0.6 is 0 Å². The highest BCUT2D eigenvalue weighted by molar-refractivity contribution is 5.57. The quantitative estimate of drug-likeness (QED) is 0.721. The molecule has 0 aliphatic carbocycles. The Morgan fingerprint density at radius 1 is 1.00 bits per heavy atom. The van der Waals surface area contributed by atoms with Crippen molar-refractivity contribution in [2.75, 3.05) is 43.4 Å². The molecule has 1 aromatic heterocycles. The van der Waals surface area contributed by atoms with E-state index in [1.54, 1.807) is 0 Å². The second-order valence-electron chi connectivity index (χ2n) is 5.85. The van der Waals surface area contributed by atoms with Gasteiger partial charge in [0.1, 0.15) is 17.5 Å². The summed E-state index contributed by atoms with van der Waals surface area (Å²) < 4.78 is 0. The number of aryl methyl sites for hydroxylation is 1. The molecular weight excluding hydrogens is 262 g/mol. The first kappa shape index (κ1) is 16.0. The van der Waals surface area contributed by atoms with Crippen LogP contribution in [0.2, 0.25) is 0 Å². The lowest BCUT2D eigenvalue weighted by molar-refractivity contribution is 0.337. The number of nitrogens with zero attached hydrogens (tertiary/aromatic N) is 3. The van der Waals surface area contributed by atoms with Crippen LogP contribution in [0.1, 0.15) is 44.0 Å². The third-order valence-electron chi connectivity index (χ3n) is 3.94. The van der Waals surface area contributed by atoms with Gasteiger partial charge in [0.2, 0.25) is 0 Å². The van der Waals surface area contributed by atoms with Crippen LogP contribution in [0.5, 0.6) is 0 Å². The zero-order valence-corrected chi connectivity index (χ0v) is 13.7. The molecule has 0 bridgehead atoms. The molecule has 0 unspecified atom stereocenters. The van der Waals surface area contributed by atoms with Gasteiger partial charge < -0.3 is 15.5 Å². The summed E-state index contributed by atoms with van der Waals surface area (Å²) in [4.78, 5) is 11.6. The van der Waals surface area contributed by atoms with Crippen LogP contribution in [-0.2, 0) is 0 Å². The van der Waals surface area contributed by atoms with Gasteiger partial charge in [-0.1, -0.05) is 6.92 Å². The monoisotopic (exact) mass is 291 g/mol. The smallest absolute Gasteiger partial charge is 0.134 e. The van der Waals surface area contributed by atoms with Crippen LogP contribution in [-0.4, -0.2) is 47.6 Å². The Hall–Kier alpha value is -1.36. The first-order valence-electron chi connectivity index (χ1n) is 8.26. The summed E-state index contributed by atoms with van der Waals surface area (Å²) in [7, 11) is 0. The number of anilines is 2. The lowest BCUT2D eigenvalue weighted by Gasteiger charge is -2.16. The van der Waals surface area contributed by atoms with Crippen molar-refractivity contribution in [3.05, 3.63) is 11.4 Å². The second-order valence-corrected chi connectivity index (χ2v) is 5.85. The normalized spacial score (nSPS) is 15.4. The van der Waals surface area contributed by atoms with E-state index >= 15 is 0 Å². The second kappa shape index (κ2) is 8.17. The van der Waals surface area contributed by atoms with Gasteiger partial charge in [-0.3, -0.25) is 0 Å². The number of hydrogen-bond acceptors (Lipinski definition) is 5. The summed E-state index contributed by atoms with van der Waals surface area (Å²) in [6, 6.07) is 0. The highest BCUT2D eigenvalue weighted by Gasteiger charge is 2.11. The van der Waals surface area contributed by atoms with E-state index in [4.69, 9.17) is 0 Å². The molecule has 0 atom stereocenters. The molecule has 2 heterocycles. The first-order valence-corrected chi connectivity index (χ1v) is 8.26. The van der Waals surface area contributed by atoms with Crippen molar-refractivity contribution >= 4 is 11.6 Å². The molecule has 5 heteroatoms. The van der Waals surface area contributed by atoms with E-state index in [9.17, 15) is 0 Å². The number of nitrogens with one attached hydrogen (secondary N) is 2. The van der Waals surface area contributed by atoms with Crippen molar-refractivity contribution in [3.8, 4) is 0 Å². The molecule has 0 aromatic carbocycles. The summed E-state index contributed by atoms with van der Waals surface area (Å²) in [5.41, 5.74) is 1.12. The average Bonchev–Trinajstić information content (AvgIpc) is 2.98. The summed E-state index contributed by atoms with van der Waals surface area (Å²) in [5.74, 6) is 2.76. The minimum absolute atomic E-state index is 0.821. The molecule has 5 nitrogen and oxygen atoms in total.